The number of carbonyl (C=O) groups is 3. The van der Waals surface area contributed by atoms with E-state index < -0.39 is 23.9 Å². The minimum absolute atomic E-state index is 0.159. The smallest absolute Gasteiger partial charge is 0.326 e. The van der Waals surface area contributed by atoms with Crippen LogP contribution in [-0.4, -0.2) is 29.0 Å². The number of nitrogens with one attached hydrogen (secondary N) is 1. The molecule has 0 aliphatic rings. The van der Waals surface area contributed by atoms with Crippen molar-refractivity contribution in [3.05, 3.63) is 42.0 Å². The summed E-state index contributed by atoms with van der Waals surface area (Å²) in [6.07, 6.45) is 0.159. The number of hydrogen-bond donors (Lipinski definition) is 2. The van der Waals surface area contributed by atoms with Crippen LogP contribution in [0, 0.1) is 0 Å². The normalized spacial score (nSPS) is 11.3. The van der Waals surface area contributed by atoms with Crippen LogP contribution in [0.4, 0.5) is 0 Å². The molecule has 1 atom stereocenters. The summed E-state index contributed by atoms with van der Waals surface area (Å²) in [7, 11) is 0. The van der Waals surface area contributed by atoms with Crippen LogP contribution in [0.1, 0.15) is 30.6 Å². The Bertz CT molecular complexity index is 562. The Balaban J connectivity index is 2.76. The van der Waals surface area contributed by atoms with Crippen molar-refractivity contribution in [3.8, 4) is 5.75 Å². The number of ether oxygens (including phenoxy) is 1. The van der Waals surface area contributed by atoms with Crippen molar-refractivity contribution >= 4 is 17.8 Å². The van der Waals surface area contributed by atoms with E-state index in [1.54, 1.807) is 6.92 Å². The first-order valence-electron chi connectivity index (χ1n) is 6.26. The van der Waals surface area contributed by atoms with E-state index in [1.165, 1.54) is 31.2 Å². The highest BCUT2D eigenvalue weighted by atomic mass is 16.5. The van der Waals surface area contributed by atoms with Crippen LogP contribution in [0.3, 0.4) is 0 Å². The molecule has 112 valence electrons. The number of amides is 1. The van der Waals surface area contributed by atoms with Crippen molar-refractivity contribution in [2.45, 2.75) is 26.3 Å². The Hall–Kier alpha value is -2.63. The Morgan fingerprint density at radius 1 is 1.24 bits per heavy atom. The third-order valence-electron chi connectivity index (χ3n) is 2.53. The number of benzene rings is 1. The molecule has 1 rings (SSSR count). The highest BCUT2D eigenvalue weighted by Crippen LogP contribution is 2.13. The first-order chi connectivity index (χ1) is 9.79. The van der Waals surface area contributed by atoms with Gasteiger partial charge in [-0.3, -0.25) is 9.59 Å². The van der Waals surface area contributed by atoms with Gasteiger partial charge in [0.25, 0.3) is 5.91 Å². The van der Waals surface area contributed by atoms with Gasteiger partial charge in [-0.25, -0.2) is 4.79 Å². The van der Waals surface area contributed by atoms with Crippen molar-refractivity contribution in [1.29, 1.82) is 0 Å². The maximum absolute atomic E-state index is 12.0. The average molecular weight is 291 g/mol. The van der Waals surface area contributed by atoms with Gasteiger partial charge in [-0.2, -0.15) is 0 Å². The van der Waals surface area contributed by atoms with Gasteiger partial charge in [-0.05, 0) is 37.6 Å². The molecule has 0 saturated heterocycles. The molecule has 0 fully saturated rings. The number of carbonyl (C=O) groups excluding carboxylic acids is 2. The minimum Gasteiger partial charge on any atom is -0.480 e. The predicted octanol–water partition coefficient (Wildman–Crippen LogP) is 1.76. The maximum atomic E-state index is 12.0. The standard InChI is InChI=1S/C15H17NO5/c1-9(2)8-13(15(19)20)16-14(18)11-4-6-12(7-5-11)21-10(3)17/h4-7,13H,1,8H2,2-3H3,(H,16,18)(H,19,20)/t13-/m1/s1. The molecule has 1 aromatic carbocycles. The van der Waals surface area contributed by atoms with Crippen molar-refractivity contribution in [3.63, 3.8) is 0 Å². The van der Waals surface area contributed by atoms with E-state index in [2.05, 4.69) is 11.9 Å². The minimum atomic E-state index is -1.12. The second-order valence-electron chi connectivity index (χ2n) is 4.64. The average Bonchev–Trinajstić information content (AvgIpc) is 2.37. The summed E-state index contributed by atoms with van der Waals surface area (Å²) in [5.41, 5.74) is 0.937. The van der Waals surface area contributed by atoms with Crippen LogP contribution in [0.15, 0.2) is 36.4 Å². The molecular weight excluding hydrogens is 274 g/mol. The molecule has 0 spiro atoms. The number of aliphatic carboxylic acids is 1. The van der Waals surface area contributed by atoms with Crippen molar-refractivity contribution in [1.82, 2.24) is 5.32 Å². The fourth-order valence-electron chi connectivity index (χ4n) is 1.63. The van der Waals surface area contributed by atoms with Crippen molar-refractivity contribution in [2.24, 2.45) is 0 Å². The monoisotopic (exact) mass is 291 g/mol. The predicted molar refractivity (Wildman–Crippen MR) is 76.1 cm³/mol. The molecule has 1 amide bonds. The van der Waals surface area contributed by atoms with Gasteiger partial charge in [0, 0.05) is 12.5 Å². The Morgan fingerprint density at radius 3 is 2.24 bits per heavy atom. The zero-order valence-electron chi connectivity index (χ0n) is 11.9. The highest BCUT2D eigenvalue weighted by molar-refractivity contribution is 5.96. The van der Waals surface area contributed by atoms with Gasteiger partial charge >= 0.3 is 11.9 Å². The van der Waals surface area contributed by atoms with Crippen LogP contribution in [-0.2, 0) is 9.59 Å². The molecule has 0 bridgehead atoms. The molecule has 6 nitrogen and oxygen atoms in total. The fourth-order valence-corrected chi connectivity index (χ4v) is 1.63. The molecule has 0 radical (unpaired) electrons. The van der Waals surface area contributed by atoms with Gasteiger partial charge < -0.3 is 15.2 Å². The third-order valence-corrected chi connectivity index (χ3v) is 2.53. The lowest BCUT2D eigenvalue weighted by atomic mass is 10.1. The molecule has 6 heteroatoms. The fraction of sp³-hybridized carbons (Fsp3) is 0.267. The van der Waals surface area contributed by atoms with Crippen LogP contribution in [0.5, 0.6) is 5.75 Å². The zero-order valence-corrected chi connectivity index (χ0v) is 11.9. The number of hydrogen-bond acceptors (Lipinski definition) is 4. The SMILES string of the molecule is C=C(C)C[C@@H](NC(=O)c1ccc(OC(C)=O)cc1)C(=O)O. The van der Waals surface area contributed by atoms with Crippen molar-refractivity contribution < 1.29 is 24.2 Å². The lowest BCUT2D eigenvalue weighted by molar-refractivity contribution is -0.139. The lowest BCUT2D eigenvalue weighted by Gasteiger charge is -2.14. The topological polar surface area (TPSA) is 92.7 Å². The molecule has 0 aliphatic heterocycles. The largest absolute Gasteiger partial charge is 0.480 e. The molecule has 0 unspecified atom stereocenters. The molecule has 1 aromatic rings. The van der Waals surface area contributed by atoms with E-state index in [0.29, 0.717) is 11.3 Å². The van der Waals surface area contributed by atoms with E-state index in [4.69, 9.17) is 9.84 Å². The van der Waals surface area contributed by atoms with E-state index in [1.807, 2.05) is 0 Å². The molecular formula is C15H17NO5. The number of esters is 1. The summed E-state index contributed by atoms with van der Waals surface area (Å²) in [5.74, 6) is -1.78. The maximum Gasteiger partial charge on any atom is 0.326 e. The number of carboxylic acids is 1. The first kappa shape index (κ1) is 16.4. The van der Waals surface area contributed by atoms with Gasteiger partial charge in [0.1, 0.15) is 11.8 Å². The van der Waals surface area contributed by atoms with Gasteiger partial charge in [-0.15, -0.1) is 6.58 Å². The summed E-state index contributed by atoms with van der Waals surface area (Å²) in [5, 5.41) is 11.5. The third kappa shape index (κ3) is 5.48. The molecule has 0 heterocycles. The van der Waals surface area contributed by atoms with E-state index in [9.17, 15) is 14.4 Å². The number of carboxylic acid groups (broad SMARTS) is 1. The molecule has 2 N–H and O–H groups in total. The summed E-state index contributed by atoms with van der Waals surface area (Å²) in [6, 6.07) is 4.80. The summed E-state index contributed by atoms with van der Waals surface area (Å²) >= 11 is 0. The summed E-state index contributed by atoms with van der Waals surface area (Å²) < 4.78 is 4.84. The van der Waals surface area contributed by atoms with Gasteiger partial charge in [-0.1, -0.05) is 5.57 Å². The molecule has 0 aromatic heterocycles. The summed E-state index contributed by atoms with van der Waals surface area (Å²) in [4.78, 5) is 33.8. The Labute approximate surface area is 122 Å². The Kier molecular flexibility index (Phi) is 5.66. The van der Waals surface area contributed by atoms with Crippen LogP contribution in [0.2, 0.25) is 0 Å². The zero-order chi connectivity index (χ0) is 16.0. The molecule has 0 saturated carbocycles. The van der Waals surface area contributed by atoms with E-state index >= 15 is 0 Å². The van der Waals surface area contributed by atoms with Gasteiger partial charge in [0.15, 0.2) is 0 Å². The Morgan fingerprint density at radius 2 is 1.81 bits per heavy atom. The second kappa shape index (κ2) is 7.23. The lowest BCUT2D eigenvalue weighted by Crippen LogP contribution is -2.40. The van der Waals surface area contributed by atoms with E-state index in [0.717, 1.165) is 0 Å². The van der Waals surface area contributed by atoms with Gasteiger partial charge in [0.2, 0.25) is 0 Å². The molecule has 0 aliphatic carbocycles. The number of rotatable bonds is 6. The second-order valence-corrected chi connectivity index (χ2v) is 4.64. The van der Waals surface area contributed by atoms with Crippen LogP contribution < -0.4 is 10.1 Å². The highest BCUT2D eigenvalue weighted by Gasteiger charge is 2.20. The quantitative estimate of drug-likeness (QED) is 0.473. The summed E-state index contributed by atoms with van der Waals surface area (Å²) in [6.45, 7) is 6.60. The van der Waals surface area contributed by atoms with Crippen LogP contribution in [0.25, 0.3) is 0 Å². The van der Waals surface area contributed by atoms with Gasteiger partial charge in [0.05, 0.1) is 0 Å². The molecule has 21 heavy (non-hydrogen) atoms. The van der Waals surface area contributed by atoms with Crippen LogP contribution >= 0.6 is 0 Å². The van der Waals surface area contributed by atoms with Crippen molar-refractivity contribution in [2.75, 3.05) is 0 Å². The van der Waals surface area contributed by atoms with E-state index in [-0.39, 0.29) is 12.0 Å². The first-order valence-corrected chi connectivity index (χ1v) is 6.26.